The van der Waals surface area contributed by atoms with Crippen LogP contribution in [0.4, 0.5) is 11.4 Å². The molecule has 0 atom stereocenters. The number of rotatable bonds is 2. The second-order valence-electron chi connectivity index (χ2n) is 5.41. The summed E-state index contributed by atoms with van der Waals surface area (Å²) < 4.78 is 0.991. The van der Waals surface area contributed by atoms with E-state index in [1.54, 1.807) is 17.6 Å². The van der Waals surface area contributed by atoms with E-state index in [1.165, 1.54) is 11.3 Å². The Kier molecular flexibility index (Phi) is 3.31. The molecule has 0 saturated heterocycles. The topological polar surface area (TPSA) is 71.1 Å². The smallest absolute Gasteiger partial charge is 0.255 e. The summed E-state index contributed by atoms with van der Waals surface area (Å²) in [6, 6.07) is 11.0. The third-order valence-electron chi connectivity index (χ3n) is 3.85. The van der Waals surface area contributed by atoms with Gasteiger partial charge in [-0.15, -0.1) is 11.3 Å². The molecule has 6 heteroatoms. The van der Waals surface area contributed by atoms with Crippen LogP contribution in [0.3, 0.4) is 0 Å². The van der Waals surface area contributed by atoms with E-state index in [-0.39, 0.29) is 11.8 Å². The molecule has 1 aliphatic rings. The van der Waals surface area contributed by atoms with Crippen molar-refractivity contribution in [3.05, 3.63) is 53.0 Å². The summed E-state index contributed by atoms with van der Waals surface area (Å²) in [6.45, 7) is 0. The van der Waals surface area contributed by atoms with Crippen LogP contribution in [0.2, 0.25) is 0 Å². The van der Waals surface area contributed by atoms with E-state index in [0.29, 0.717) is 18.4 Å². The zero-order valence-electron chi connectivity index (χ0n) is 12.1. The number of hydrogen-bond donors (Lipinski definition) is 2. The van der Waals surface area contributed by atoms with Crippen LogP contribution in [-0.4, -0.2) is 16.8 Å². The highest BCUT2D eigenvalue weighted by Crippen LogP contribution is 2.26. The molecular formula is C17H13N3O2S. The molecular weight excluding hydrogens is 310 g/mol. The normalized spacial score (nSPS) is 13.5. The van der Waals surface area contributed by atoms with Gasteiger partial charge in [0.25, 0.3) is 5.91 Å². The Morgan fingerprint density at radius 3 is 3.00 bits per heavy atom. The first-order valence-corrected chi connectivity index (χ1v) is 8.14. The SMILES string of the molecule is O=C1CCc2cc(NC(=O)c3ccc4ncsc4c3)ccc2N1. The van der Waals surface area contributed by atoms with Crippen molar-refractivity contribution in [2.45, 2.75) is 12.8 Å². The van der Waals surface area contributed by atoms with Crippen molar-refractivity contribution >= 4 is 44.7 Å². The molecule has 23 heavy (non-hydrogen) atoms. The Bertz CT molecular complexity index is 932. The molecule has 4 rings (SSSR count). The lowest BCUT2D eigenvalue weighted by atomic mass is 10.0. The van der Waals surface area contributed by atoms with Gasteiger partial charge in [0.1, 0.15) is 0 Å². The van der Waals surface area contributed by atoms with E-state index in [1.807, 2.05) is 24.3 Å². The average Bonchev–Trinajstić information content (AvgIpc) is 3.02. The number of nitrogens with zero attached hydrogens (tertiary/aromatic N) is 1. The van der Waals surface area contributed by atoms with Crippen molar-refractivity contribution in [3.63, 3.8) is 0 Å². The molecule has 3 aromatic rings. The summed E-state index contributed by atoms with van der Waals surface area (Å²) in [4.78, 5) is 28.0. The molecule has 0 fully saturated rings. The number of aryl methyl sites for hydroxylation is 1. The van der Waals surface area contributed by atoms with E-state index in [2.05, 4.69) is 15.6 Å². The summed E-state index contributed by atoms with van der Waals surface area (Å²) in [5, 5.41) is 5.74. The second-order valence-corrected chi connectivity index (χ2v) is 6.30. The van der Waals surface area contributed by atoms with Gasteiger partial charge in [-0.1, -0.05) is 0 Å². The van der Waals surface area contributed by atoms with Gasteiger partial charge in [-0.25, -0.2) is 4.98 Å². The number of amides is 2. The molecule has 2 N–H and O–H groups in total. The van der Waals surface area contributed by atoms with Crippen molar-refractivity contribution in [1.29, 1.82) is 0 Å². The minimum Gasteiger partial charge on any atom is -0.326 e. The Morgan fingerprint density at radius 2 is 2.09 bits per heavy atom. The summed E-state index contributed by atoms with van der Waals surface area (Å²) in [5.41, 5.74) is 5.87. The van der Waals surface area contributed by atoms with Gasteiger partial charge in [0.15, 0.2) is 0 Å². The molecule has 2 aromatic carbocycles. The lowest BCUT2D eigenvalue weighted by Crippen LogP contribution is -2.19. The Hall–Kier alpha value is -2.73. The lowest BCUT2D eigenvalue weighted by molar-refractivity contribution is -0.116. The van der Waals surface area contributed by atoms with Crippen LogP contribution < -0.4 is 10.6 Å². The van der Waals surface area contributed by atoms with Crippen molar-refractivity contribution < 1.29 is 9.59 Å². The van der Waals surface area contributed by atoms with Crippen LogP contribution >= 0.6 is 11.3 Å². The van der Waals surface area contributed by atoms with Crippen LogP contribution in [-0.2, 0) is 11.2 Å². The number of hydrogen-bond acceptors (Lipinski definition) is 4. The van der Waals surface area contributed by atoms with Crippen LogP contribution in [0, 0.1) is 0 Å². The fourth-order valence-corrected chi connectivity index (χ4v) is 3.38. The van der Waals surface area contributed by atoms with Gasteiger partial charge >= 0.3 is 0 Å². The first-order chi connectivity index (χ1) is 11.2. The number of nitrogens with one attached hydrogen (secondary N) is 2. The van der Waals surface area contributed by atoms with E-state index in [9.17, 15) is 9.59 Å². The third kappa shape index (κ3) is 2.68. The number of benzene rings is 2. The third-order valence-corrected chi connectivity index (χ3v) is 4.64. The predicted molar refractivity (Wildman–Crippen MR) is 91.0 cm³/mol. The molecule has 0 spiro atoms. The Balaban J connectivity index is 1.57. The molecule has 1 aliphatic heterocycles. The second kappa shape index (κ2) is 5.48. The molecule has 0 radical (unpaired) electrons. The predicted octanol–water partition coefficient (Wildman–Crippen LogP) is 3.43. The molecule has 1 aromatic heterocycles. The van der Waals surface area contributed by atoms with Crippen LogP contribution in [0.25, 0.3) is 10.2 Å². The first-order valence-electron chi connectivity index (χ1n) is 7.26. The van der Waals surface area contributed by atoms with Gasteiger partial charge in [0.05, 0.1) is 15.7 Å². The number of fused-ring (bicyclic) bond motifs is 2. The van der Waals surface area contributed by atoms with Gasteiger partial charge in [0.2, 0.25) is 5.91 Å². The Morgan fingerprint density at radius 1 is 1.17 bits per heavy atom. The van der Waals surface area contributed by atoms with Crippen molar-refractivity contribution in [2.75, 3.05) is 10.6 Å². The molecule has 0 aliphatic carbocycles. The molecule has 5 nitrogen and oxygen atoms in total. The molecule has 2 heterocycles. The van der Waals surface area contributed by atoms with Gasteiger partial charge in [0, 0.05) is 23.4 Å². The van der Waals surface area contributed by atoms with E-state index in [0.717, 1.165) is 27.2 Å². The minimum atomic E-state index is -0.153. The van der Waals surface area contributed by atoms with Crippen molar-refractivity contribution in [2.24, 2.45) is 0 Å². The number of anilines is 2. The van der Waals surface area contributed by atoms with Crippen LogP contribution in [0.5, 0.6) is 0 Å². The summed E-state index contributed by atoms with van der Waals surface area (Å²) in [6.07, 6.45) is 1.17. The van der Waals surface area contributed by atoms with Gasteiger partial charge in [-0.3, -0.25) is 9.59 Å². The van der Waals surface area contributed by atoms with Crippen LogP contribution in [0.1, 0.15) is 22.3 Å². The maximum atomic E-state index is 12.4. The van der Waals surface area contributed by atoms with E-state index < -0.39 is 0 Å². The fourth-order valence-electron chi connectivity index (χ4n) is 2.66. The molecule has 0 unspecified atom stereocenters. The summed E-state index contributed by atoms with van der Waals surface area (Å²) >= 11 is 1.51. The maximum Gasteiger partial charge on any atom is 0.255 e. The summed E-state index contributed by atoms with van der Waals surface area (Å²) in [7, 11) is 0. The highest BCUT2D eigenvalue weighted by atomic mass is 32.1. The number of thiazole rings is 1. The zero-order chi connectivity index (χ0) is 15.8. The minimum absolute atomic E-state index is 0.0344. The lowest BCUT2D eigenvalue weighted by Gasteiger charge is -2.17. The average molecular weight is 323 g/mol. The van der Waals surface area contributed by atoms with E-state index in [4.69, 9.17) is 0 Å². The standard InChI is InChI=1S/C17H13N3O2S/c21-16-6-2-10-7-12(3-5-13(10)20-16)19-17(22)11-1-4-14-15(8-11)23-9-18-14/h1,3-5,7-9H,2,6H2,(H,19,22)(H,20,21). The monoisotopic (exact) mass is 323 g/mol. The molecule has 2 amide bonds. The molecule has 0 saturated carbocycles. The largest absolute Gasteiger partial charge is 0.326 e. The maximum absolute atomic E-state index is 12.4. The first kappa shape index (κ1) is 13.9. The van der Waals surface area contributed by atoms with Gasteiger partial charge in [-0.2, -0.15) is 0 Å². The zero-order valence-corrected chi connectivity index (χ0v) is 12.9. The highest BCUT2D eigenvalue weighted by molar-refractivity contribution is 7.16. The van der Waals surface area contributed by atoms with Crippen molar-refractivity contribution in [1.82, 2.24) is 4.98 Å². The quantitative estimate of drug-likeness (QED) is 0.759. The van der Waals surface area contributed by atoms with Crippen LogP contribution in [0.15, 0.2) is 41.9 Å². The Labute approximate surface area is 136 Å². The van der Waals surface area contributed by atoms with Gasteiger partial charge in [-0.05, 0) is 48.4 Å². The number of aromatic nitrogens is 1. The number of carbonyl (C=O) groups is 2. The molecule has 114 valence electrons. The highest BCUT2D eigenvalue weighted by Gasteiger charge is 2.15. The van der Waals surface area contributed by atoms with Crippen molar-refractivity contribution in [3.8, 4) is 0 Å². The molecule has 0 bridgehead atoms. The van der Waals surface area contributed by atoms with E-state index >= 15 is 0 Å². The summed E-state index contributed by atoms with van der Waals surface area (Å²) in [5.74, 6) is -0.118. The fraction of sp³-hybridized carbons (Fsp3) is 0.118. The van der Waals surface area contributed by atoms with Gasteiger partial charge < -0.3 is 10.6 Å². The number of carbonyl (C=O) groups excluding carboxylic acids is 2.